The largest absolute Gasteiger partial charge is 0.481 e. The lowest BCUT2D eigenvalue weighted by atomic mass is 9.34. The maximum atomic E-state index is 13.4. The monoisotopic (exact) mass is 616 g/mol. The Kier molecular flexibility index (Phi) is 7.04. The molecule has 0 amide bonds. The third-order valence-corrected chi connectivity index (χ3v) is 15.0. The molecule has 8 heteroatoms. The summed E-state index contributed by atoms with van der Waals surface area (Å²) in [5.41, 5.74) is 0.955. The number of nitrogens with zero attached hydrogens (tertiary/aromatic N) is 4. The van der Waals surface area contributed by atoms with Crippen molar-refractivity contribution in [3.8, 4) is 11.4 Å². The van der Waals surface area contributed by atoms with Crippen LogP contribution in [0.3, 0.4) is 0 Å². The Morgan fingerprint density at radius 3 is 2.47 bits per heavy atom. The van der Waals surface area contributed by atoms with Gasteiger partial charge < -0.3 is 14.9 Å². The summed E-state index contributed by atoms with van der Waals surface area (Å²) < 4.78 is 8.45. The second-order valence-corrected chi connectivity index (χ2v) is 16.8. The number of hydrogen-bond donors (Lipinski definition) is 2. The minimum Gasteiger partial charge on any atom is -0.481 e. The van der Waals surface area contributed by atoms with Crippen LogP contribution in [-0.2, 0) is 9.53 Å². The number of rotatable bonds is 5. The van der Waals surface area contributed by atoms with Crippen LogP contribution in [0.15, 0.2) is 42.5 Å². The summed E-state index contributed by atoms with van der Waals surface area (Å²) in [6.45, 7) is 17.1. The predicted octanol–water partition coefficient (Wildman–Crippen LogP) is 6.83. The summed E-state index contributed by atoms with van der Waals surface area (Å²) >= 11 is 0. The van der Waals surface area contributed by atoms with E-state index in [1.54, 1.807) is 18.7 Å². The first-order valence-corrected chi connectivity index (χ1v) is 17.2. The minimum absolute atomic E-state index is 0.148. The lowest BCUT2D eigenvalue weighted by Crippen LogP contribution is -2.68. The predicted molar refractivity (Wildman–Crippen MR) is 172 cm³/mol. The number of aliphatic carboxylic acids is 1. The molecular weight excluding hydrogens is 564 g/mol. The second-order valence-electron chi connectivity index (χ2n) is 16.8. The Morgan fingerprint density at radius 2 is 1.78 bits per heavy atom. The van der Waals surface area contributed by atoms with Gasteiger partial charge in [0, 0.05) is 28.8 Å². The van der Waals surface area contributed by atoms with Gasteiger partial charge in [0.2, 0.25) is 0 Å². The zero-order valence-electron chi connectivity index (χ0n) is 28.2. The van der Waals surface area contributed by atoms with Crippen molar-refractivity contribution in [1.82, 2.24) is 19.7 Å². The van der Waals surface area contributed by atoms with Crippen molar-refractivity contribution in [1.29, 1.82) is 0 Å². The van der Waals surface area contributed by atoms with E-state index in [-0.39, 0.29) is 33.6 Å². The Hall–Kier alpha value is -2.58. The van der Waals surface area contributed by atoms with Gasteiger partial charge in [-0.05, 0) is 90.6 Å². The molecule has 1 saturated heterocycles. The molecule has 0 radical (unpaired) electrons. The molecule has 3 heterocycles. The Morgan fingerprint density at radius 1 is 1.04 bits per heavy atom. The van der Waals surface area contributed by atoms with E-state index in [9.17, 15) is 15.0 Å². The zero-order valence-corrected chi connectivity index (χ0v) is 28.2. The molecule has 7 rings (SSSR count). The van der Waals surface area contributed by atoms with Crippen LogP contribution in [0, 0.1) is 56.7 Å². The highest BCUT2D eigenvalue weighted by atomic mass is 16.5. The van der Waals surface area contributed by atoms with Crippen molar-refractivity contribution in [2.45, 2.75) is 99.1 Å². The highest BCUT2D eigenvalue weighted by Crippen LogP contribution is 2.75. The normalized spacial score (nSPS) is 44.7. The van der Waals surface area contributed by atoms with Crippen molar-refractivity contribution >= 4 is 5.97 Å². The average Bonchev–Trinajstić information content (AvgIpc) is 3.49. The van der Waals surface area contributed by atoms with Gasteiger partial charge in [-0.2, -0.15) is 5.10 Å². The number of ether oxygens (including phenoxy) is 1. The van der Waals surface area contributed by atoms with Crippen LogP contribution in [0.4, 0.5) is 0 Å². The van der Waals surface area contributed by atoms with Crippen LogP contribution in [0.5, 0.6) is 0 Å². The van der Waals surface area contributed by atoms with Crippen LogP contribution < -0.4 is 0 Å². The number of aliphatic hydroxyl groups is 1. The number of allylic oxidation sites excluding steroid dienone is 1. The third-order valence-electron chi connectivity index (χ3n) is 15.0. The summed E-state index contributed by atoms with van der Waals surface area (Å²) in [5, 5.41) is 27.9. The highest BCUT2D eigenvalue weighted by molar-refractivity contribution is 5.73. The van der Waals surface area contributed by atoms with E-state index in [0.717, 1.165) is 49.9 Å². The average molecular weight is 617 g/mol. The van der Waals surface area contributed by atoms with E-state index in [4.69, 9.17) is 9.84 Å². The van der Waals surface area contributed by atoms with Gasteiger partial charge in [0.15, 0.2) is 5.82 Å². The summed E-state index contributed by atoms with van der Waals surface area (Å²) in [7, 11) is 0. The molecule has 2 aromatic heterocycles. The van der Waals surface area contributed by atoms with Crippen LogP contribution in [-0.4, -0.2) is 55.2 Å². The van der Waals surface area contributed by atoms with Gasteiger partial charge in [0.1, 0.15) is 6.33 Å². The Bertz CT molecular complexity index is 1510. The molecule has 5 aliphatic rings. The van der Waals surface area contributed by atoms with Crippen molar-refractivity contribution in [2.24, 2.45) is 56.7 Å². The van der Waals surface area contributed by atoms with Gasteiger partial charge in [-0.1, -0.05) is 60.1 Å². The first-order valence-electron chi connectivity index (χ1n) is 17.2. The number of hydrogen-bond acceptors (Lipinski definition) is 6. The number of carbonyl (C=O) groups is 1. The summed E-state index contributed by atoms with van der Waals surface area (Å²) in [6.07, 6.45) is 12.5. The fourth-order valence-electron chi connectivity index (χ4n) is 12.0. The minimum atomic E-state index is -0.635. The second kappa shape index (κ2) is 10.2. The van der Waals surface area contributed by atoms with E-state index in [2.05, 4.69) is 64.5 Å². The fraction of sp³-hybridized carbons (Fsp3) is 0.730. The molecule has 0 aromatic carbocycles. The first kappa shape index (κ1) is 31.0. The molecule has 0 spiro atoms. The number of fused-ring (bicyclic) bond motifs is 3. The number of carboxylic acid groups (broad SMARTS) is 1. The molecule has 0 unspecified atom stereocenters. The molecule has 4 aliphatic carbocycles. The van der Waals surface area contributed by atoms with Gasteiger partial charge >= 0.3 is 5.97 Å². The van der Waals surface area contributed by atoms with Crippen LogP contribution in [0.1, 0.15) is 93.0 Å². The van der Waals surface area contributed by atoms with E-state index >= 15 is 0 Å². The summed E-state index contributed by atoms with van der Waals surface area (Å²) in [6, 6.07) is 3.63. The lowest BCUT2D eigenvalue weighted by Gasteiger charge is -2.71. The maximum Gasteiger partial charge on any atom is 0.307 e. The summed E-state index contributed by atoms with van der Waals surface area (Å²) in [4.78, 5) is 22.2. The molecule has 2 aromatic rings. The van der Waals surface area contributed by atoms with Crippen molar-refractivity contribution in [3.63, 3.8) is 0 Å². The molecule has 45 heavy (non-hydrogen) atoms. The van der Waals surface area contributed by atoms with E-state index in [0.29, 0.717) is 31.0 Å². The molecule has 2 bridgehead atoms. The van der Waals surface area contributed by atoms with Crippen molar-refractivity contribution in [2.75, 3.05) is 13.2 Å². The van der Waals surface area contributed by atoms with E-state index in [1.807, 2.05) is 16.8 Å². The standard InChI is InChI=1S/C37H52N4O4/c1-22(2)23(3)33(4)14-15-35(6)25-8-9-28-34(5)19-45-20-37(28,26(25)10-13-36(35,7)29(33)32(43)44)18-27(30(34)42)41-31(39-21-40-41)24-11-16-38-17-12-24/h10-12,16-17,21-23,25,27-30,42H,8-9,13-15,18-20H2,1-7H3,(H,43,44)/t23-,25+,27-,28+,29-,30+,33-,34-,35-,36+,37+/m1/s1. The summed E-state index contributed by atoms with van der Waals surface area (Å²) in [5.74, 6) is 1.00. The smallest absolute Gasteiger partial charge is 0.307 e. The number of carboxylic acids is 1. The molecule has 2 N–H and O–H groups in total. The van der Waals surface area contributed by atoms with Gasteiger partial charge in [-0.15, -0.1) is 0 Å². The maximum absolute atomic E-state index is 13.4. The van der Waals surface area contributed by atoms with Gasteiger partial charge in [0.25, 0.3) is 0 Å². The number of aliphatic hydroxyl groups excluding tert-OH is 1. The SMILES string of the molecule is CC(C)[C@@H](C)[C@@]1(C)CC[C@]2(C)[C@H]3CC[C@@H]4[C@@]5(COC[C@@]4(C)[C@@H](O)[C@H](n4ncnc4-c4ccncc4)C5)C3=CC[C@@]2(C)[C@@H]1C(=O)O. The van der Waals surface area contributed by atoms with Crippen molar-refractivity contribution < 1.29 is 19.7 Å². The molecule has 244 valence electrons. The number of aromatic nitrogens is 4. The fourth-order valence-corrected chi connectivity index (χ4v) is 12.0. The molecule has 3 saturated carbocycles. The van der Waals surface area contributed by atoms with Crippen LogP contribution in [0.25, 0.3) is 11.4 Å². The van der Waals surface area contributed by atoms with Crippen LogP contribution >= 0.6 is 0 Å². The molecule has 1 aliphatic heterocycles. The molecule has 4 fully saturated rings. The Balaban J connectivity index is 1.34. The van der Waals surface area contributed by atoms with Gasteiger partial charge in [0.05, 0.1) is 31.3 Å². The quantitative estimate of drug-likeness (QED) is 0.354. The molecule has 8 nitrogen and oxygen atoms in total. The van der Waals surface area contributed by atoms with Crippen LogP contribution in [0.2, 0.25) is 0 Å². The highest BCUT2D eigenvalue weighted by Gasteiger charge is 2.71. The zero-order chi connectivity index (χ0) is 32.2. The topological polar surface area (TPSA) is 110 Å². The van der Waals surface area contributed by atoms with Gasteiger partial charge in [-0.25, -0.2) is 9.67 Å². The molecular formula is C37H52N4O4. The Labute approximate surface area is 268 Å². The number of pyridine rings is 1. The lowest BCUT2D eigenvalue weighted by molar-refractivity contribution is -0.240. The van der Waals surface area contributed by atoms with Crippen molar-refractivity contribution in [3.05, 3.63) is 42.5 Å². The van der Waals surface area contributed by atoms with Gasteiger partial charge in [-0.3, -0.25) is 9.78 Å². The van der Waals surface area contributed by atoms with E-state index in [1.165, 1.54) is 5.57 Å². The third kappa shape index (κ3) is 3.96. The molecule has 11 atom stereocenters. The van der Waals surface area contributed by atoms with E-state index < -0.39 is 23.4 Å². The first-order chi connectivity index (χ1) is 21.2.